The number of rotatable bonds is 4. The van der Waals surface area contributed by atoms with Gasteiger partial charge in [0.25, 0.3) is 0 Å². The third kappa shape index (κ3) is 3.85. The first-order valence-electron chi connectivity index (χ1n) is 7.02. The van der Waals surface area contributed by atoms with Crippen LogP contribution in [0.3, 0.4) is 0 Å². The Labute approximate surface area is 116 Å². The normalized spacial score (nSPS) is 23.1. The molecular formula is C14H24N4O. The summed E-state index contributed by atoms with van der Waals surface area (Å²) in [5, 5.41) is 3.38. The summed E-state index contributed by atoms with van der Waals surface area (Å²) in [5.74, 6) is 7.26. The largest absolute Gasteiger partial charge is 0.385 e. The van der Waals surface area contributed by atoms with E-state index in [0.29, 0.717) is 6.04 Å². The molecule has 0 amide bonds. The van der Waals surface area contributed by atoms with Gasteiger partial charge < -0.3 is 19.9 Å². The Bertz CT molecular complexity index is 365. The Morgan fingerprint density at radius 3 is 2.89 bits per heavy atom. The second-order valence-electron chi connectivity index (χ2n) is 4.91. The summed E-state index contributed by atoms with van der Waals surface area (Å²) in [4.78, 5) is 9.56. The molecule has 0 aromatic rings. The van der Waals surface area contributed by atoms with Gasteiger partial charge in [-0.05, 0) is 13.3 Å². The first-order valence-corrected chi connectivity index (χ1v) is 7.02. The van der Waals surface area contributed by atoms with Gasteiger partial charge in [-0.2, -0.15) is 0 Å². The van der Waals surface area contributed by atoms with E-state index in [1.54, 1.807) is 7.11 Å². The summed E-state index contributed by atoms with van der Waals surface area (Å²) in [6.07, 6.45) is 0.988. The molecule has 2 aliphatic heterocycles. The number of piperazine rings is 1. The van der Waals surface area contributed by atoms with Gasteiger partial charge in [0.1, 0.15) is 0 Å². The van der Waals surface area contributed by atoms with Crippen LogP contribution in [0.5, 0.6) is 0 Å². The van der Waals surface area contributed by atoms with Crippen molar-refractivity contribution in [3.05, 3.63) is 0 Å². The molecule has 2 heterocycles. The van der Waals surface area contributed by atoms with Crippen LogP contribution in [0, 0.1) is 11.8 Å². The summed E-state index contributed by atoms with van der Waals surface area (Å²) in [6.45, 7) is 8.55. The van der Waals surface area contributed by atoms with Crippen molar-refractivity contribution in [2.45, 2.75) is 19.4 Å². The van der Waals surface area contributed by atoms with Gasteiger partial charge in [-0.3, -0.25) is 0 Å². The van der Waals surface area contributed by atoms with Crippen LogP contribution in [0.4, 0.5) is 0 Å². The van der Waals surface area contributed by atoms with Gasteiger partial charge in [0.05, 0.1) is 12.6 Å². The van der Waals surface area contributed by atoms with E-state index in [1.165, 1.54) is 0 Å². The summed E-state index contributed by atoms with van der Waals surface area (Å²) >= 11 is 0. The van der Waals surface area contributed by atoms with Crippen molar-refractivity contribution in [1.82, 2.24) is 15.1 Å². The molecule has 2 rings (SSSR count). The monoisotopic (exact) mass is 264 g/mol. The smallest absolute Gasteiger partial charge is 0.197 e. The Kier molecular flexibility index (Phi) is 5.49. The van der Waals surface area contributed by atoms with Gasteiger partial charge in [0.15, 0.2) is 5.96 Å². The van der Waals surface area contributed by atoms with Gasteiger partial charge in [-0.1, -0.05) is 5.92 Å². The van der Waals surface area contributed by atoms with Crippen LogP contribution in [0.2, 0.25) is 0 Å². The van der Waals surface area contributed by atoms with Crippen molar-refractivity contribution in [3.63, 3.8) is 0 Å². The highest BCUT2D eigenvalue weighted by atomic mass is 16.5. The minimum Gasteiger partial charge on any atom is -0.385 e. The van der Waals surface area contributed by atoms with E-state index in [1.807, 2.05) is 6.92 Å². The number of aliphatic imine (C=N–C) groups is 1. The Morgan fingerprint density at radius 1 is 1.42 bits per heavy atom. The van der Waals surface area contributed by atoms with E-state index in [2.05, 4.69) is 27.0 Å². The van der Waals surface area contributed by atoms with Gasteiger partial charge >= 0.3 is 0 Å². The minimum absolute atomic E-state index is 0.350. The fourth-order valence-corrected chi connectivity index (χ4v) is 2.49. The van der Waals surface area contributed by atoms with E-state index in [9.17, 15) is 0 Å². The molecule has 2 aliphatic rings. The lowest BCUT2D eigenvalue weighted by atomic mass is 10.2. The lowest BCUT2D eigenvalue weighted by Gasteiger charge is -2.33. The number of methoxy groups -OCH3 is 1. The quantitative estimate of drug-likeness (QED) is 0.725. The molecule has 1 fully saturated rings. The molecule has 0 aliphatic carbocycles. The average Bonchev–Trinajstić information content (AvgIpc) is 2.87. The highest BCUT2D eigenvalue weighted by Crippen LogP contribution is 2.15. The molecule has 5 nitrogen and oxygen atoms in total. The average molecular weight is 264 g/mol. The maximum atomic E-state index is 5.16. The molecule has 106 valence electrons. The van der Waals surface area contributed by atoms with Gasteiger partial charge in [-0.25, -0.2) is 4.99 Å². The van der Waals surface area contributed by atoms with Crippen LogP contribution in [0.25, 0.3) is 0 Å². The van der Waals surface area contributed by atoms with Crippen molar-refractivity contribution >= 4 is 5.96 Å². The Hall–Kier alpha value is -1.25. The topological polar surface area (TPSA) is 40.1 Å². The standard InChI is InChI=1S/C14H24N4O/c1-3-4-8-18-12-13(5-11-19-2)16-14(18)17-9-6-15-7-10-17/h13,15H,5-12H2,1-2H3. The van der Waals surface area contributed by atoms with Crippen LogP contribution < -0.4 is 5.32 Å². The second kappa shape index (κ2) is 7.37. The molecule has 1 atom stereocenters. The number of nitrogens with zero attached hydrogens (tertiary/aromatic N) is 3. The van der Waals surface area contributed by atoms with Crippen molar-refractivity contribution < 1.29 is 4.74 Å². The maximum Gasteiger partial charge on any atom is 0.197 e. The molecular weight excluding hydrogens is 240 g/mol. The molecule has 1 unspecified atom stereocenters. The van der Waals surface area contributed by atoms with Crippen LogP contribution >= 0.6 is 0 Å². The summed E-state index contributed by atoms with van der Waals surface area (Å²) in [7, 11) is 1.75. The molecule has 0 spiro atoms. The van der Waals surface area contributed by atoms with Crippen molar-refractivity contribution in [2.24, 2.45) is 4.99 Å². The molecule has 0 aromatic carbocycles. The third-order valence-electron chi connectivity index (χ3n) is 3.51. The third-order valence-corrected chi connectivity index (χ3v) is 3.51. The first kappa shape index (κ1) is 14.2. The van der Waals surface area contributed by atoms with E-state index >= 15 is 0 Å². The van der Waals surface area contributed by atoms with Crippen molar-refractivity contribution in [3.8, 4) is 11.8 Å². The lowest BCUT2D eigenvalue weighted by molar-refractivity contribution is 0.187. The summed E-state index contributed by atoms with van der Waals surface area (Å²) < 4.78 is 5.16. The number of nitrogens with one attached hydrogen (secondary N) is 1. The zero-order valence-electron chi connectivity index (χ0n) is 12.0. The van der Waals surface area contributed by atoms with Crippen molar-refractivity contribution in [1.29, 1.82) is 0 Å². The molecule has 0 bridgehead atoms. The lowest BCUT2D eigenvalue weighted by Crippen LogP contribution is -2.51. The first-order chi connectivity index (χ1) is 9.35. The van der Waals surface area contributed by atoms with E-state index in [4.69, 9.17) is 9.73 Å². The van der Waals surface area contributed by atoms with E-state index in [0.717, 1.165) is 58.3 Å². The van der Waals surface area contributed by atoms with E-state index < -0.39 is 0 Å². The number of ether oxygens (including phenoxy) is 1. The fraction of sp³-hybridized carbons (Fsp3) is 0.786. The zero-order valence-corrected chi connectivity index (χ0v) is 12.0. The van der Waals surface area contributed by atoms with E-state index in [-0.39, 0.29) is 0 Å². The SMILES string of the molecule is CC#CCN1CC(CCOC)N=C1N1CCNCC1. The Morgan fingerprint density at radius 2 is 2.21 bits per heavy atom. The summed E-state index contributed by atoms with van der Waals surface area (Å²) in [6, 6.07) is 0.350. The number of guanidine groups is 1. The highest BCUT2D eigenvalue weighted by Gasteiger charge is 2.28. The second-order valence-corrected chi connectivity index (χ2v) is 4.91. The molecule has 0 aromatic heterocycles. The van der Waals surface area contributed by atoms with Crippen LogP contribution in [-0.2, 0) is 4.74 Å². The molecule has 0 radical (unpaired) electrons. The zero-order chi connectivity index (χ0) is 13.5. The maximum absolute atomic E-state index is 5.16. The molecule has 1 N–H and O–H groups in total. The van der Waals surface area contributed by atoms with Crippen LogP contribution in [0.1, 0.15) is 13.3 Å². The molecule has 5 heteroatoms. The summed E-state index contributed by atoms with van der Waals surface area (Å²) in [5.41, 5.74) is 0. The van der Waals surface area contributed by atoms with Gasteiger partial charge in [-0.15, -0.1) is 5.92 Å². The number of hydrogen-bond donors (Lipinski definition) is 1. The number of hydrogen-bond acceptors (Lipinski definition) is 5. The fourth-order valence-electron chi connectivity index (χ4n) is 2.49. The Balaban J connectivity index is 2.00. The predicted molar refractivity (Wildman–Crippen MR) is 77.2 cm³/mol. The van der Waals surface area contributed by atoms with Gasteiger partial charge in [0.2, 0.25) is 0 Å². The molecule has 19 heavy (non-hydrogen) atoms. The van der Waals surface area contributed by atoms with Crippen molar-refractivity contribution in [2.75, 3.05) is 53.0 Å². The predicted octanol–water partition coefficient (Wildman–Crippen LogP) is -0.00840. The minimum atomic E-state index is 0.350. The molecule has 1 saturated heterocycles. The highest BCUT2D eigenvalue weighted by molar-refractivity contribution is 5.82. The van der Waals surface area contributed by atoms with Crippen LogP contribution in [-0.4, -0.2) is 74.8 Å². The van der Waals surface area contributed by atoms with Gasteiger partial charge in [0, 0.05) is 46.4 Å². The molecule has 0 saturated carbocycles. The van der Waals surface area contributed by atoms with Crippen LogP contribution in [0.15, 0.2) is 4.99 Å².